The van der Waals surface area contributed by atoms with Crippen molar-refractivity contribution in [3.8, 4) is 11.1 Å². The van der Waals surface area contributed by atoms with E-state index in [0.29, 0.717) is 11.3 Å². The molecule has 276 valence electrons. The summed E-state index contributed by atoms with van der Waals surface area (Å²) in [4.78, 5) is 34.2. The zero-order chi connectivity index (χ0) is 38.3. The van der Waals surface area contributed by atoms with Crippen LogP contribution in [-0.4, -0.2) is 47.5 Å². The number of benzene rings is 3. The third-order valence-corrected chi connectivity index (χ3v) is 7.57. The maximum atomic E-state index is 12.4. The second-order valence-corrected chi connectivity index (χ2v) is 11.8. The standard InChI is InChI=1S/C25H26N4O2.C7H15N.C4H7FO2.2C2H6/c1-16-8-9-20(14-22(16)18-6-4-3-5-7-18)17(2)28-23(30)15-24(31)29-21-12-10-19(11-13-21)25(26)27;1-2-7-3-5-8-6-4-7;1-4(2,5)3(6)7;2*1-2/h3-14,17H,15H2,1-2H3,(H3,26,27)(H,28,30)(H,29,31);7-8H,2-6H2,1H3;1-2H3,(H,6,7);2*1-2H3. The van der Waals surface area contributed by atoms with Gasteiger partial charge in [-0.3, -0.25) is 15.0 Å². The summed E-state index contributed by atoms with van der Waals surface area (Å²) < 4.78 is 11.9. The first-order chi connectivity index (χ1) is 23.7. The number of halogens is 1. The molecule has 0 bridgehead atoms. The van der Waals surface area contributed by atoms with E-state index in [1.54, 1.807) is 24.3 Å². The van der Waals surface area contributed by atoms with Gasteiger partial charge >= 0.3 is 5.97 Å². The highest BCUT2D eigenvalue weighted by Gasteiger charge is 2.25. The Morgan fingerprint density at radius 1 is 0.960 bits per heavy atom. The Kier molecular flexibility index (Phi) is 22.3. The zero-order valence-corrected chi connectivity index (χ0v) is 31.5. The number of carbonyl (C=O) groups excluding carboxylic acids is 2. The first-order valence-corrected chi connectivity index (χ1v) is 17.5. The number of aliphatic carboxylic acids is 1. The van der Waals surface area contributed by atoms with E-state index in [1.807, 2.05) is 65.0 Å². The van der Waals surface area contributed by atoms with E-state index in [9.17, 15) is 18.8 Å². The van der Waals surface area contributed by atoms with Crippen molar-refractivity contribution in [1.29, 1.82) is 5.41 Å². The molecule has 3 aromatic rings. The molecule has 0 radical (unpaired) electrons. The van der Waals surface area contributed by atoms with Crippen LogP contribution in [0.1, 0.15) is 104 Å². The quantitative estimate of drug-likeness (QED) is 0.0750. The topological polar surface area (TPSA) is 157 Å². The average molecular weight is 694 g/mol. The van der Waals surface area contributed by atoms with Crippen molar-refractivity contribution in [2.24, 2.45) is 11.7 Å². The van der Waals surface area contributed by atoms with Crippen molar-refractivity contribution in [2.75, 3.05) is 18.4 Å². The lowest BCUT2D eigenvalue weighted by Gasteiger charge is -2.20. The van der Waals surface area contributed by atoms with Crippen LogP contribution in [0.25, 0.3) is 11.1 Å². The summed E-state index contributed by atoms with van der Waals surface area (Å²) in [5, 5.41) is 24.2. The van der Waals surface area contributed by atoms with Crippen LogP contribution in [0.15, 0.2) is 72.8 Å². The molecular weight excluding hydrogens is 633 g/mol. The first-order valence-electron chi connectivity index (χ1n) is 17.5. The Morgan fingerprint density at radius 3 is 1.96 bits per heavy atom. The fraction of sp³-hybridized carbons (Fsp3) is 0.450. The van der Waals surface area contributed by atoms with Crippen molar-refractivity contribution in [3.63, 3.8) is 0 Å². The molecule has 7 N–H and O–H groups in total. The molecule has 1 atom stereocenters. The Balaban J connectivity index is 0.00000103. The highest BCUT2D eigenvalue weighted by Crippen LogP contribution is 2.27. The van der Waals surface area contributed by atoms with Crippen LogP contribution in [0.2, 0.25) is 0 Å². The van der Waals surface area contributed by atoms with E-state index >= 15 is 0 Å². The molecule has 10 heteroatoms. The normalized spacial score (nSPS) is 12.7. The van der Waals surface area contributed by atoms with Gasteiger partial charge in [0.1, 0.15) is 12.3 Å². The van der Waals surface area contributed by atoms with E-state index in [4.69, 9.17) is 16.2 Å². The van der Waals surface area contributed by atoms with Gasteiger partial charge in [0.15, 0.2) is 0 Å². The highest BCUT2D eigenvalue weighted by atomic mass is 19.1. The molecule has 0 saturated carbocycles. The maximum absolute atomic E-state index is 12.4. The first kappa shape index (κ1) is 45.4. The van der Waals surface area contributed by atoms with Gasteiger partial charge in [0.25, 0.3) is 0 Å². The van der Waals surface area contributed by atoms with Gasteiger partial charge < -0.3 is 26.8 Å². The summed E-state index contributed by atoms with van der Waals surface area (Å²) in [5.41, 5.74) is 8.81. The SMILES string of the molecule is CC.CC.CC(C)(F)C(=O)O.CCC1CCNCC1.Cc1ccc(C(C)NC(=O)CC(=O)Nc2ccc(C(=N)N)cc2)cc1-c1ccccc1. The van der Waals surface area contributed by atoms with Gasteiger partial charge in [-0.05, 0) is 112 Å². The van der Waals surface area contributed by atoms with Crippen LogP contribution in [0.5, 0.6) is 0 Å². The Morgan fingerprint density at radius 2 is 1.50 bits per heavy atom. The van der Waals surface area contributed by atoms with E-state index < -0.39 is 17.5 Å². The van der Waals surface area contributed by atoms with Gasteiger partial charge in [-0.2, -0.15) is 0 Å². The highest BCUT2D eigenvalue weighted by molar-refractivity contribution is 6.04. The summed E-state index contributed by atoms with van der Waals surface area (Å²) in [7, 11) is 0. The number of aryl methyl sites for hydroxylation is 1. The summed E-state index contributed by atoms with van der Waals surface area (Å²) in [6, 6.07) is 22.5. The van der Waals surface area contributed by atoms with E-state index in [1.165, 1.54) is 32.4 Å². The van der Waals surface area contributed by atoms with Crippen molar-refractivity contribution in [2.45, 2.75) is 99.7 Å². The van der Waals surface area contributed by atoms with E-state index in [-0.39, 0.29) is 24.2 Å². The number of nitrogens with two attached hydrogens (primary N) is 1. The number of carboxylic acid groups (broad SMARTS) is 1. The molecule has 1 aliphatic rings. The lowest BCUT2D eigenvalue weighted by molar-refractivity contribution is -0.148. The monoisotopic (exact) mass is 693 g/mol. The summed E-state index contributed by atoms with van der Waals surface area (Å²) in [5.74, 6) is -1.21. The van der Waals surface area contributed by atoms with Crippen molar-refractivity contribution in [1.82, 2.24) is 10.6 Å². The van der Waals surface area contributed by atoms with E-state index in [0.717, 1.165) is 42.0 Å². The minimum Gasteiger partial charge on any atom is -0.479 e. The molecule has 9 nitrogen and oxygen atoms in total. The van der Waals surface area contributed by atoms with Gasteiger partial charge in [-0.15, -0.1) is 0 Å². The molecule has 0 aromatic heterocycles. The number of hydrogen-bond donors (Lipinski definition) is 6. The van der Waals surface area contributed by atoms with Crippen LogP contribution < -0.4 is 21.7 Å². The molecular formula is C40H60FN5O4. The lowest BCUT2D eigenvalue weighted by atomic mass is 9.96. The molecule has 4 rings (SSSR count). The summed E-state index contributed by atoms with van der Waals surface area (Å²) >= 11 is 0. The number of piperidine rings is 1. The summed E-state index contributed by atoms with van der Waals surface area (Å²) in [6.45, 7) is 18.7. The second-order valence-electron chi connectivity index (χ2n) is 11.8. The smallest absolute Gasteiger partial charge is 0.340 e. The number of amides is 2. The van der Waals surface area contributed by atoms with Gasteiger partial charge in [-0.25, -0.2) is 9.18 Å². The molecule has 1 unspecified atom stereocenters. The van der Waals surface area contributed by atoms with Crippen LogP contribution in [0, 0.1) is 18.3 Å². The minimum absolute atomic E-state index is 0.0437. The van der Waals surface area contributed by atoms with Crippen molar-refractivity contribution >= 4 is 29.3 Å². The predicted octanol–water partition coefficient (Wildman–Crippen LogP) is 8.42. The Bertz CT molecular complexity index is 1430. The number of carboxylic acids is 1. The molecule has 3 aromatic carbocycles. The van der Waals surface area contributed by atoms with E-state index in [2.05, 4.69) is 48.0 Å². The van der Waals surface area contributed by atoms with Gasteiger partial charge in [0, 0.05) is 11.3 Å². The van der Waals surface area contributed by atoms with Crippen LogP contribution in [0.3, 0.4) is 0 Å². The maximum Gasteiger partial charge on any atom is 0.340 e. The number of anilines is 1. The molecule has 1 saturated heterocycles. The number of carbonyl (C=O) groups is 3. The average Bonchev–Trinajstić information content (AvgIpc) is 3.11. The third kappa shape index (κ3) is 17.7. The summed E-state index contributed by atoms with van der Waals surface area (Å²) in [6.07, 6.45) is 3.89. The Labute approximate surface area is 299 Å². The molecule has 2 amide bonds. The van der Waals surface area contributed by atoms with Gasteiger partial charge in [-0.1, -0.05) is 83.5 Å². The van der Waals surface area contributed by atoms with Gasteiger partial charge in [0.2, 0.25) is 17.5 Å². The minimum atomic E-state index is -2.08. The number of nitrogen functional groups attached to an aromatic ring is 1. The molecule has 50 heavy (non-hydrogen) atoms. The molecule has 1 heterocycles. The van der Waals surface area contributed by atoms with Crippen molar-refractivity contribution in [3.05, 3.63) is 89.5 Å². The molecule has 0 aliphatic carbocycles. The van der Waals surface area contributed by atoms with Gasteiger partial charge in [0.05, 0.1) is 6.04 Å². The lowest BCUT2D eigenvalue weighted by Crippen LogP contribution is -2.30. The predicted molar refractivity (Wildman–Crippen MR) is 205 cm³/mol. The molecule has 1 aliphatic heterocycles. The molecule has 1 fully saturated rings. The van der Waals surface area contributed by atoms with Crippen molar-refractivity contribution < 1.29 is 23.9 Å². The Hall–Kier alpha value is -4.57. The third-order valence-electron chi connectivity index (χ3n) is 7.57. The van der Waals surface area contributed by atoms with Crippen LogP contribution >= 0.6 is 0 Å². The number of rotatable bonds is 9. The fourth-order valence-electron chi connectivity index (χ4n) is 4.59. The number of hydrogen-bond acceptors (Lipinski definition) is 5. The number of alkyl halides is 1. The second kappa shape index (κ2) is 24.5. The fourth-order valence-corrected chi connectivity index (χ4v) is 4.59. The largest absolute Gasteiger partial charge is 0.479 e. The zero-order valence-electron chi connectivity index (χ0n) is 31.5. The molecule has 0 spiro atoms. The number of amidine groups is 1. The number of nitrogens with one attached hydrogen (secondary N) is 4. The van der Waals surface area contributed by atoms with Crippen LogP contribution in [-0.2, 0) is 14.4 Å². The van der Waals surface area contributed by atoms with Crippen LogP contribution in [0.4, 0.5) is 10.1 Å².